The van der Waals surface area contributed by atoms with Gasteiger partial charge in [0.2, 0.25) is 5.91 Å². The van der Waals surface area contributed by atoms with E-state index in [2.05, 4.69) is 26.2 Å². The predicted octanol–water partition coefficient (Wildman–Crippen LogP) is 1.62. The standard InChI is InChI=1S/C18H24N6O/c1-13(16-21-22-23-24(16)15-8-3-2-4-9-15)20-17(25)18-10-6-5-7-14(18)11-19-12-18/h2-4,8-9,13-14,19H,5-7,10-12H2,1H3,(H,20,25)/t13?,14-,18+/m0/s1. The number of hydrogen-bond donors (Lipinski definition) is 2. The summed E-state index contributed by atoms with van der Waals surface area (Å²) in [6, 6.07) is 9.49. The van der Waals surface area contributed by atoms with E-state index in [1.807, 2.05) is 37.3 Å². The van der Waals surface area contributed by atoms with Crippen LogP contribution in [0.15, 0.2) is 30.3 Å². The number of hydrogen-bond acceptors (Lipinski definition) is 5. The zero-order chi connectivity index (χ0) is 17.3. The number of aromatic nitrogens is 4. The highest BCUT2D eigenvalue weighted by Crippen LogP contribution is 2.44. The van der Waals surface area contributed by atoms with Crippen LogP contribution in [0.4, 0.5) is 0 Å². The molecule has 1 aromatic carbocycles. The van der Waals surface area contributed by atoms with Crippen molar-refractivity contribution in [3.8, 4) is 5.69 Å². The van der Waals surface area contributed by atoms with Crippen LogP contribution in [0.3, 0.4) is 0 Å². The van der Waals surface area contributed by atoms with E-state index < -0.39 is 0 Å². The molecule has 0 radical (unpaired) electrons. The SMILES string of the molecule is CC(NC(=O)[C@@]12CCCC[C@H]1CNC2)c1nnnn1-c1ccccc1. The molecular weight excluding hydrogens is 316 g/mol. The van der Waals surface area contributed by atoms with Gasteiger partial charge in [0.25, 0.3) is 0 Å². The van der Waals surface area contributed by atoms with E-state index in [0.717, 1.165) is 38.0 Å². The number of rotatable bonds is 4. The van der Waals surface area contributed by atoms with Crippen molar-refractivity contribution in [2.24, 2.45) is 11.3 Å². The average molecular weight is 340 g/mol. The molecule has 2 N–H and O–H groups in total. The summed E-state index contributed by atoms with van der Waals surface area (Å²) in [7, 11) is 0. The van der Waals surface area contributed by atoms with Crippen LogP contribution in [0.2, 0.25) is 0 Å². The van der Waals surface area contributed by atoms with E-state index in [1.165, 1.54) is 6.42 Å². The summed E-state index contributed by atoms with van der Waals surface area (Å²) < 4.78 is 1.69. The number of para-hydroxylation sites is 1. The highest BCUT2D eigenvalue weighted by atomic mass is 16.2. The Kier molecular flexibility index (Phi) is 4.25. The molecule has 0 bridgehead atoms. The molecule has 2 heterocycles. The van der Waals surface area contributed by atoms with Gasteiger partial charge in [-0.1, -0.05) is 31.0 Å². The Hall–Kier alpha value is -2.28. The first-order chi connectivity index (χ1) is 12.2. The van der Waals surface area contributed by atoms with Crippen molar-refractivity contribution in [1.82, 2.24) is 30.8 Å². The average Bonchev–Trinajstić information content (AvgIpc) is 3.30. The normalized spacial score (nSPS) is 26.8. The van der Waals surface area contributed by atoms with Crippen molar-refractivity contribution >= 4 is 5.91 Å². The first-order valence-electron chi connectivity index (χ1n) is 9.06. The van der Waals surface area contributed by atoms with E-state index in [-0.39, 0.29) is 17.4 Å². The fraction of sp³-hybridized carbons (Fsp3) is 0.556. The maximum atomic E-state index is 13.1. The molecule has 1 aliphatic carbocycles. The van der Waals surface area contributed by atoms with Crippen molar-refractivity contribution in [1.29, 1.82) is 0 Å². The van der Waals surface area contributed by atoms with Gasteiger partial charge in [-0.05, 0) is 54.8 Å². The minimum atomic E-state index is -0.266. The lowest BCUT2D eigenvalue weighted by molar-refractivity contribution is -0.134. The maximum absolute atomic E-state index is 13.1. The third-order valence-corrected chi connectivity index (χ3v) is 5.72. The molecular formula is C18H24N6O. The van der Waals surface area contributed by atoms with E-state index >= 15 is 0 Å². The Morgan fingerprint density at radius 3 is 3.04 bits per heavy atom. The fourth-order valence-corrected chi connectivity index (χ4v) is 4.31. The van der Waals surface area contributed by atoms with Crippen LogP contribution in [0.25, 0.3) is 5.69 Å². The van der Waals surface area contributed by atoms with Gasteiger partial charge in [-0.2, -0.15) is 4.68 Å². The zero-order valence-electron chi connectivity index (χ0n) is 14.5. The largest absolute Gasteiger partial charge is 0.346 e. The molecule has 2 aromatic rings. The number of nitrogens with one attached hydrogen (secondary N) is 2. The van der Waals surface area contributed by atoms with Gasteiger partial charge in [0.1, 0.15) is 0 Å². The Bertz CT molecular complexity index is 745. The molecule has 2 fully saturated rings. The first-order valence-corrected chi connectivity index (χ1v) is 9.06. The number of carbonyl (C=O) groups is 1. The van der Waals surface area contributed by atoms with Gasteiger partial charge >= 0.3 is 0 Å². The third-order valence-electron chi connectivity index (χ3n) is 5.72. The van der Waals surface area contributed by atoms with Gasteiger partial charge in [0.15, 0.2) is 5.82 Å². The molecule has 1 amide bonds. The van der Waals surface area contributed by atoms with Crippen LogP contribution in [-0.2, 0) is 4.79 Å². The smallest absolute Gasteiger partial charge is 0.228 e. The minimum Gasteiger partial charge on any atom is -0.346 e. The van der Waals surface area contributed by atoms with Gasteiger partial charge in [0, 0.05) is 6.54 Å². The number of fused-ring (bicyclic) bond motifs is 1. The number of carbonyl (C=O) groups excluding carboxylic acids is 1. The fourth-order valence-electron chi connectivity index (χ4n) is 4.31. The molecule has 7 heteroatoms. The summed E-state index contributed by atoms with van der Waals surface area (Å²) in [5, 5.41) is 18.6. The Balaban J connectivity index is 1.54. The monoisotopic (exact) mass is 340 g/mol. The number of benzene rings is 1. The van der Waals surface area contributed by atoms with Crippen LogP contribution in [-0.4, -0.2) is 39.2 Å². The molecule has 1 saturated heterocycles. The molecule has 1 unspecified atom stereocenters. The molecule has 1 aliphatic heterocycles. The number of nitrogens with zero attached hydrogens (tertiary/aromatic N) is 4. The van der Waals surface area contributed by atoms with Crippen molar-refractivity contribution in [3.63, 3.8) is 0 Å². The summed E-state index contributed by atoms with van der Waals surface area (Å²) in [5.74, 6) is 1.23. The minimum absolute atomic E-state index is 0.136. The lowest BCUT2D eigenvalue weighted by atomic mass is 9.67. The summed E-state index contributed by atoms with van der Waals surface area (Å²) in [4.78, 5) is 13.1. The molecule has 1 saturated carbocycles. The Morgan fingerprint density at radius 2 is 2.20 bits per heavy atom. The topological polar surface area (TPSA) is 84.7 Å². The van der Waals surface area contributed by atoms with Gasteiger partial charge in [-0.25, -0.2) is 0 Å². The highest BCUT2D eigenvalue weighted by Gasteiger charge is 2.50. The summed E-state index contributed by atoms with van der Waals surface area (Å²) in [6.07, 6.45) is 4.45. The number of amides is 1. The second-order valence-electron chi connectivity index (χ2n) is 7.21. The van der Waals surface area contributed by atoms with Crippen molar-refractivity contribution < 1.29 is 4.79 Å². The second kappa shape index (κ2) is 6.55. The molecule has 2 aliphatic rings. The summed E-state index contributed by atoms with van der Waals surface area (Å²) in [5.41, 5.74) is 0.622. The van der Waals surface area contributed by atoms with Gasteiger partial charge in [0.05, 0.1) is 17.1 Å². The second-order valence-corrected chi connectivity index (χ2v) is 7.21. The van der Waals surface area contributed by atoms with Crippen molar-refractivity contribution in [2.45, 2.75) is 38.6 Å². The van der Waals surface area contributed by atoms with E-state index in [1.54, 1.807) is 4.68 Å². The van der Waals surface area contributed by atoms with Crippen LogP contribution in [0.1, 0.15) is 44.5 Å². The van der Waals surface area contributed by atoms with Crippen LogP contribution in [0.5, 0.6) is 0 Å². The van der Waals surface area contributed by atoms with Crippen LogP contribution < -0.4 is 10.6 Å². The number of tetrazole rings is 1. The first kappa shape index (κ1) is 16.2. The molecule has 3 atom stereocenters. The molecule has 132 valence electrons. The zero-order valence-corrected chi connectivity index (χ0v) is 14.5. The highest BCUT2D eigenvalue weighted by molar-refractivity contribution is 5.84. The van der Waals surface area contributed by atoms with Crippen LogP contribution in [0, 0.1) is 11.3 Å². The summed E-state index contributed by atoms with van der Waals surface area (Å²) in [6.45, 7) is 3.67. The summed E-state index contributed by atoms with van der Waals surface area (Å²) >= 11 is 0. The van der Waals surface area contributed by atoms with Crippen molar-refractivity contribution in [2.75, 3.05) is 13.1 Å². The van der Waals surface area contributed by atoms with Crippen molar-refractivity contribution in [3.05, 3.63) is 36.2 Å². The molecule has 4 rings (SSSR count). The Labute approximate surface area is 147 Å². The Morgan fingerprint density at radius 1 is 1.36 bits per heavy atom. The van der Waals surface area contributed by atoms with E-state index in [0.29, 0.717) is 11.7 Å². The molecule has 7 nitrogen and oxygen atoms in total. The molecule has 1 aromatic heterocycles. The van der Waals surface area contributed by atoms with Gasteiger partial charge in [-0.15, -0.1) is 5.10 Å². The maximum Gasteiger partial charge on any atom is 0.228 e. The van der Waals surface area contributed by atoms with Gasteiger partial charge in [-0.3, -0.25) is 4.79 Å². The molecule has 0 spiro atoms. The lowest BCUT2D eigenvalue weighted by Crippen LogP contribution is -2.48. The predicted molar refractivity (Wildman–Crippen MR) is 93.0 cm³/mol. The quantitative estimate of drug-likeness (QED) is 0.883. The third kappa shape index (κ3) is 2.82. The van der Waals surface area contributed by atoms with Crippen LogP contribution >= 0.6 is 0 Å². The molecule has 25 heavy (non-hydrogen) atoms. The van der Waals surface area contributed by atoms with E-state index in [4.69, 9.17) is 0 Å². The van der Waals surface area contributed by atoms with E-state index in [9.17, 15) is 4.79 Å². The van der Waals surface area contributed by atoms with Gasteiger partial charge < -0.3 is 10.6 Å². The lowest BCUT2D eigenvalue weighted by Gasteiger charge is -2.37.